The number of fused-ring (bicyclic) bond motifs is 2. The van der Waals surface area contributed by atoms with E-state index in [1.54, 1.807) is 6.20 Å². The summed E-state index contributed by atoms with van der Waals surface area (Å²) in [4.78, 5) is 12.7. The normalized spacial score (nSPS) is 29.7. The summed E-state index contributed by atoms with van der Waals surface area (Å²) in [5, 5.41) is 7.66. The van der Waals surface area contributed by atoms with Crippen LogP contribution in [0.3, 0.4) is 0 Å². The maximum Gasteiger partial charge on any atom is 0.254 e. The zero-order valence-corrected chi connectivity index (χ0v) is 15.3. The molecular formula is C21H27N3O. The second kappa shape index (κ2) is 5.72. The van der Waals surface area contributed by atoms with Crippen molar-refractivity contribution < 1.29 is 4.79 Å². The summed E-state index contributed by atoms with van der Waals surface area (Å²) in [7, 11) is 0. The average Bonchev–Trinajstić information content (AvgIpc) is 3.19. The Balaban J connectivity index is 1.44. The van der Waals surface area contributed by atoms with E-state index in [9.17, 15) is 4.79 Å². The van der Waals surface area contributed by atoms with Crippen LogP contribution in [0.25, 0.3) is 0 Å². The van der Waals surface area contributed by atoms with Crippen LogP contribution < -0.4 is 5.32 Å². The van der Waals surface area contributed by atoms with Crippen LogP contribution >= 0.6 is 0 Å². The van der Waals surface area contributed by atoms with Crippen molar-refractivity contribution in [2.45, 2.75) is 52.6 Å². The quantitative estimate of drug-likeness (QED) is 0.920. The second-order valence-electron chi connectivity index (χ2n) is 8.55. The van der Waals surface area contributed by atoms with E-state index in [4.69, 9.17) is 0 Å². The highest BCUT2D eigenvalue weighted by Crippen LogP contribution is 2.65. The van der Waals surface area contributed by atoms with Crippen LogP contribution in [-0.4, -0.2) is 21.7 Å². The Morgan fingerprint density at radius 3 is 2.68 bits per heavy atom. The van der Waals surface area contributed by atoms with Gasteiger partial charge in [-0.05, 0) is 41.6 Å². The number of benzene rings is 1. The Morgan fingerprint density at radius 2 is 2.04 bits per heavy atom. The third-order valence-electron chi connectivity index (χ3n) is 7.18. The molecule has 1 aromatic heterocycles. The maximum absolute atomic E-state index is 12.7. The minimum atomic E-state index is 0.00823. The molecule has 132 valence electrons. The van der Waals surface area contributed by atoms with E-state index in [2.05, 4.69) is 43.3 Å². The lowest BCUT2D eigenvalue weighted by atomic mass is 9.69. The van der Waals surface area contributed by atoms with Crippen LogP contribution in [0.1, 0.15) is 56.0 Å². The predicted octanol–water partition coefficient (Wildman–Crippen LogP) is 3.88. The summed E-state index contributed by atoms with van der Waals surface area (Å²) in [6, 6.07) is 10.4. The van der Waals surface area contributed by atoms with Gasteiger partial charge in [-0.25, -0.2) is 0 Å². The molecule has 1 N–H and O–H groups in total. The number of nitrogens with one attached hydrogen (secondary N) is 1. The van der Waals surface area contributed by atoms with E-state index in [0.29, 0.717) is 17.5 Å². The molecule has 1 aromatic carbocycles. The van der Waals surface area contributed by atoms with Gasteiger partial charge in [-0.1, -0.05) is 51.1 Å². The molecule has 4 nitrogen and oxygen atoms in total. The van der Waals surface area contributed by atoms with Crippen molar-refractivity contribution in [1.29, 1.82) is 0 Å². The fourth-order valence-corrected chi connectivity index (χ4v) is 5.00. The Morgan fingerprint density at radius 1 is 1.28 bits per heavy atom. The molecule has 2 saturated carbocycles. The molecule has 2 bridgehead atoms. The van der Waals surface area contributed by atoms with Crippen molar-refractivity contribution >= 4 is 5.91 Å². The lowest BCUT2D eigenvalue weighted by Gasteiger charge is -2.39. The Kier molecular flexibility index (Phi) is 3.75. The fourth-order valence-electron chi connectivity index (χ4n) is 5.00. The summed E-state index contributed by atoms with van der Waals surface area (Å²) >= 11 is 0. The number of carbonyl (C=O) groups excluding carboxylic acids is 1. The van der Waals surface area contributed by atoms with E-state index in [1.807, 2.05) is 29.1 Å². The van der Waals surface area contributed by atoms with Crippen molar-refractivity contribution in [3.05, 3.63) is 53.9 Å². The van der Waals surface area contributed by atoms with Gasteiger partial charge in [-0.3, -0.25) is 9.48 Å². The lowest BCUT2D eigenvalue weighted by Crippen LogP contribution is -2.46. The third kappa shape index (κ3) is 2.59. The number of nitrogens with zero attached hydrogens (tertiary/aromatic N) is 2. The zero-order chi connectivity index (χ0) is 17.7. The van der Waals surface area contributed by atoms with Gasteiger partial charge in [-0.2, -0.15) is 5.10 Å². The third-order valence-corrected chi connectivity index (χ3v) is 7.18. The number of amides is 1. The molecule has 0 unspecified atom stereocenters. The zero-order valence-electron chi connectivity index (χ0n) is 15.3. The van der Waals surface area contributed by atoms with Crippen molar-refractivity contribution in [2.75, 3.05) is 0 Å². The number of aromatic nitrogens is 2. The van der Waals surface area contributed by atoms with E-state index in [-0.39, 0.29) is 17.4 Å². The minimum Gasteiger partial charge on any atom is -0.349 e. The van der Waals surface area contributed by atoms with Gasteiger partial charge in [0.05, 0.1) is 18.3 Å². The van der Waals surface area contributed by atoms with E-state index in [0.717, 1.165) is 12.3 Å². The van der Waals surface area contributed by atoms with E-state index in [1.165, 1.54) is 18.4 Å². The molecular weight excluding hydrogens is 310 g/mol. The van der Waals surface area contributed by atoms with Crippen LogP contribution in [-0.2, 0) is 6.54 Å². The largest absolute Gasteiger partial charge is 0.349 e. The standard InChI is InChI=1S/C21H27N3O/c1-20(2)17-9-10-21(20,3)18(11-17)23-19(25)16-12-22-24(14-16)13-15-7-5-4-6-8-15/h4-8,12,14,17-18H,9-11,13H2,1-3H3,(H,23,25)/t17-,18-,21-/m0/s1. The summed E-state index contributed by atoms with van der Waals surface area (Å²) in [6.07, 6.45) is 7.14. The van der Waals surface area contributed by atoms with E-state index < -0.39 is 0 Å². The molecule has 3 atom stereocenters. The molecule has 2 aliphatic rings. The summed E-state index contributed by atoms with van der Waals surface area (Å²) in [5.74, 6) is 0.734. The number of carbonyl (C=O) groups is 1. The first-order chi connectivity index (χ1) is 11.9. The van der Waals surface area contributed by atoms with Crippen molar-refractivity contribution in [3.8, 4) is 0 Å². The van der Waals surface area contributed by atoms with Gasteiger partial charge in [-0.15, -0.1) is 0 Å². The molecule has 1 heterocycles. The first kappa shape index (κ1) is 16.4. The highest BCUT2D eigenvalue weighted by atomic mass is 16.1. The first-order valence-corrected chi connectivity index (χ1v) is 9.27. The first-order valence-electron chi connectivity index (χ1n) is 9.27. The van der Waals surface area contributed by atoms with Crippen LogP contribution in [0, 0.1) is 16.7 Å². The van der Waals surface area contributed by atoms with Gasteiger partial charge in [0.15, 0.2) is 0 Å². The van der Waals surface area contributed by atoms with Gasteiger partial charge in [0, 0.05) is 12.2 Å². The number of hydrogen-bond acceptors (Lipinski definition) is 2. The highest BCUT2D eigenvalue weighted by molar-refractivity contribution is 5.94. The molecule has 0 aliphatic heterocycles. The summed E-state index contributed by atoms with van der Waals surface area (Å²) < 4.78 is 1.83. The fraction of sp³-hybridized carbons (Fsp3) is 0.524. The monoisotopic (exact) mass is 337 g/mol. The Labute approximate surface area is 149 Å². The molecule has 4 rings (SSSR count). The lowest BCUT2D eigenvalue weighted by molar-refractivity contribution is 0.0826. The van der Waals surface area contributed by atoms with Crippen LogP contribution in [0.4, 0.5) is 0 Å². The van der Waals surface area contributed by atoms with Crippen molar-refractivity contribution in [3.63, 3.8) is 0 Å². The van der Waals surface area contributed by atoms with Crippen LogP contribution in [0.2, 0.25) is 0 Å². The molecule has 2 fully saturated rings. The Bertz CT molecular complexity index is 779. The second-order valence-corrected chi connectivity index (χ2v) is 8.55. The molecule has 1 amide bonds. The predicted molar refractivity (Wildman–Crippen MR) is 98.3 cm³/mol. The number of hydrogen-bond donors (Lipinski definition) is 1. The highest BCUT2D eigenvalue weighted by Gasteiger charge is 2.61. The van der Waals surface area contributed by atoms with Gasteiger partial charge in [0.25, 0.3) is 5.91 Å². The van der Waals surface area contributed by atoms with Crippen molar-refractivity contribution in [1.82, 2.24) is 15.1 Å². The summed E-state index contributed by atoms with van der Waals surface area (Å²) in [6.45, 7) is 7.78. The van der Waals surface area contributed by atoms with E-state index >= 15 is 0 Å². The van der Waals surface area contributed by atoms with Crippen LogP contribution in [0.5, 0.6) is 0 Å². The smallest absolute Gasteiger partial charge is 0.254 e. The molecule has 0 radical (unpaired) electrons. The number of rotatable bonds is 4. The Hall–Kier alpha value is -2.10. The van der Waals surface area contributed by atoms with Gasteiger partial charge < -0.3 is 5.32 Å². The molecule has 25 heavy (non-hydrogen) atoms. The molecule has 0 saturated heterocycles. The van der Waals surface area contributed by atoms with Crippen molar-refractivity contribution in [2.24, 2.45) is 16.7 Å². The molecule has 0 spiro atoms. The van der Waals surface area contributed by atoms with Crippen LogP contribution in [0.15, 0.2) is 42.7 Å². The maximum atomic E-state index is 12.7. The van der Waals surface area contributed by atoms with Gasteiger partial charge in [0.2, 0.25) is 0 Å². The molecule has 2 aliphatic carbocycles. The molecule has 4 heteroatoms. The van der Waals surface area contributed by atoms with Gasteiger partial charge in [0.1, 0.15) is 0 Å². The average molecular weight is 337 g/mol. The molecule has 2 aromatic rings. The van der Waals surface area contributed by atoms with Gasteiger partial charge >= 0.3 is 0 Å². The SMILES string of the molecule is CC1(C)[C@H]2CC[C@@]1(C)[C@@H](NC(=O)c1cnn(Cc3ccccc3)c1)C2. The summed E-state index contributed by atoms with van der Waals surface area (Å²) in [5.41, 5.74) is 2.34. The topological polar surface area (TPSA) is 46.9 Å². The minimum absolute atomic E-state index is 0.00823.